The van der Waals surface area contributed by atoms with Crippen LogP contribution in [-0.2, 0) is 4.74 Å². The van der Waals surface area contributed by atoms with Crippen molar-refractivity contribution in [2.24, 2.45) is 0 Å². The molecule has 0 bridgehead atoms. The number of aryl methyl sites for hydroxylation is 1. The van der Waals surface area contributed by atoms with Gasteiger partial charge < -0.3 is 4.74 Å². The smallest absolute Gasteiger partial charge is 0.350 e. The summed E-state index contributed by atoms with van der Waals surface area (Å²) in [7, 11) is 0. The normalized spacial score (nSPS) is 10.2. The number of carbonyl (C=O) groups is 2. The van der Waals surface area contributed by atoms with Gasteiger partial charge in [-0.3, -0.25) is 10.1 Å². The Balaban J connectivity index is 2.24. The van der Waals surface area contributed by atoms with Gasteiger partial charge in [0.25, 0.3) is 0 Å². The van der Waals surface area contributed by atoms with E-state index in [1.54, 1.807) is 13.8 Å². The second-order valence-corrected chi connectivity index (χ2v) is 5.22. The molecule has 0 aliphatic carbocycles. The lowest BCUT2D eigenvalue weighted by atomic mass is 10.4. The predicted molar refractivity (Wildman–Crippen MR) is 78.5 cm³/mol. The summed E-state index contributed by atoms with van der Waals surface area (Å²) < 4.78 is 4.93. The minimum atomic E-state index is -0.429. The zero-order valence-corrected chi connectivity index (χ0v) is 12.8. The number of nitrogens with zero attached hydrogens (tertiary/aromatic N) is 3. The van der Waals surface area contributed by atoms with Gasteiger partial charge in [0.05, 0.1) is 12.3 Å². The maximum atomic E-state index is 11.7. The average molecular weight is 327 g/mol. The SMILES string of the molecule is CCOC(=O)c1sc(Nc2nc(Cl)cc(C=O)n2)nc1C. The summed E-state index contributed by atoms with van der Waals surface area (Å²) in [6.45, 7) is 3.72. The third-order valence-electron chi connectivity index (χ3n) is 2.31. The van der Waals surface area contributed by atoms with E-state index in [1.807, 2.05) is 0 Å². The highest BCUT2D eigenvalue weighted by Crippen LogP contribution is 2.25. The molecular weight excluding hydrogens is 316 g/mol. The van der Waals surface area contributed by atoms with Gasteiger partial charge in [0.1, 0.15) is 15.7 Å². The van der Waals surface area contributed by atoms with Crippen molar-refractivity contribution >= 4 is 46.3 Å². The molecule has 0 aliphatic heterocycles. The lowest BCUT2D eigenvalue weighted by Gasteiger charge is -2.01. The molecular formula is C12H11ClN4O3S. The van der Waals surface area contributed by atoms with E-state index in [0.29, 0.717) is 28.6 Å². The molecule has 7 nitrogen and oxygen atoms in total. The van der Waals surface area contributed by atoms with Crippen molar-refractivity contribution in [3.63, 3.8) is 0 Å². The number of esters is 1. The first-order valence-corrected chi connectivity index (χ1v) is 7.14. The van der Waals surface area contributed by atoms with E-state index in [1.165, 1.54) is 6.07 Å². The van der Waals surface area contributed by atoms with Crippen LogP contribution in [0.15, 0.2) is 6.07 Å². The fourth-order valence-electron chi connectivity index (χ4n) is 1.48. The van der Waals surface area contributed by atoms with Crippen LogP contribution in [0, 0.1) is 6.92 Å². The van der Waals surface area contributed by atoms with Gasteiger partial charge in [0.2, 0.25) is 5.95 Å². The zero-order chi connectivity index (χ0) is 15.4. The van der Waals surface area contributed by atoms with Crippen molar-refractivity contribution in [3.8, 4) is 0 Å². The molecule has 2 heterocycles. The first kappa shape index (κ1) is 15.3. The molecule has 1 N–H and O–H groups in total. The number of nitrogens with one attached hydrogen (secondary N) is 1. The first-order valence-electron chi connectivity index (χ1n) is 5.94. The van der Waals surface area contributed by atoms with Crippen LogP contribution in [0.25, 0.3) is 0 Å². The van der Waals surface area contributed by atoms with Gasteiger partial charge in [-0.15, -0.1) is 0 Å². The van der Waals surface area contributed by atoms with E-state index in [4.69, 9.17) is 16.3 Å². The molecule has 2 rings (SSSR count). The fraction of sp³-hybridized carbons (Fsp3) is 0.250. The number of thiazole rings is 1. The predicted octanol–water partition coefficient (Wildman–Crippen LogP) is 2.63. The number of ether oxygens (including phenoxy) is 1. The van der Waals surface area contributed by atoms with Crippen LogP contribution < -0.4 is 5.32 Å². The monoisotopic (exact) mass is 326 g/mol. The standard InChI is InChI=1S/C12H11ClN4O3S/c1-3-20-10(19)9-6(2)14-12(21-9)17-11-15-7(5-18)4-8(13)16-11/h4-5H,3H2,1-2H3,(H,14,15,16,17). The number of carbonyl (C=O) groups excluding carboxylic acids is 2. The Labute approximate surface area is 129 Å². The first-order chi connectivity index (χ1) is 10.0. The van der Waals surface area contributed by atoms with Gasteiger partial charge in [-0.05, 0) is 13.8 Å². The van der Waals surface area contributed by atoms with Crippen LogP contribution in [0.2, 0.25) is 5.15 Å². The highest BCUT2D eigenvalue weighted by molar-refractivity contribution is 7.17. The van der Waals surface area contributed by atoms with Crippen molar-refractivity contribution in [1.29, 1.82) is 0 Å². The lowest BCUT2D eigenvalue weighted by Crippen LogP contribution is -2.03. The van der Waals surface area contributed by atoms with Crippen LogP contribution in [0.5, 0.6) is 0 Å². The van der Waals surface area contributed by atoms with Crippen LogP contribution >= 0.6 is 22.9 Å². The summed E-state index contributed by atoms with van der Waals surface area (Å²) in [5.41, 5.74) is 0.690. The number of rotatable bonds is 5. The van der Waals surface area contributed by atoms with Crippen LogP contribution in [0.4, 0.5) is 11.1 Å². The molecule has 9 heteroatoms. The Morgan fingerprint density at radius 3 is 2.90 bits per heavy atom. The Morgan fingerprint density at radius 1 is 1.48 bits per heavy atom. The Kier molecular flexibility index (Phi) is 4.81. The van der Waals surface area contributed by atoms with E-state index >= 15 is 0 Å². The van der Waals surface area contributed by atoms with Gasteiger partial charge in [-0.2, -0.15) is 0 Å². The van der Waals surface area contributed by atoms with E-state index in [0.717, 1.165) is 11.3 Å². The highest BCUT2D eigenvalue weighted by Gasteiger charge is 2.17. The zero-order valence-electron chi connectivity index (χ0n) is 11.2. The van der Waals surface area contributed by atoms with Crippen molar-refractivity contribution < 1.29 is 14.3 Å². The molecule has 0 amide bonds. The van der Waals surface area contributed by atoms with Crippen LogP contribution in [0.1, 0.15) is 32.8 Å². The van der Waals surface area contributed by atoms with E-state index in [2.05, 4.69) is 20.3 Å². The minimum Gasteiger partial charge on any atom is -0.462 e. The molecule has 0 aliphatic rings. The lowest BCUT2D eigenvalue weighted by molar-refractivity contribution is 0.0531. The van der Waals surface area contributed by atoms with Crippen molar-refractivity contribution in [1.82, 2.24) is 15.0 Å². The summed E-state index contributed by atoms with van der Waals surface area (Å²) in [5, 5.41) is 3.36. The van der Waals surface area contributed by atoms with Gasteiger partial charge in [0.15, 0.2) is 11.4 Å². The van der Waals surface area contributed by atoms with E-state index in [-0.39, 0.29) is 16.8 Å². The second-order valence-electron chi connectivity index (χ2n) is 3.84. The quantitative estimate of drug-likeness (QED) is 0.512. The molecule has 0 atom stereocenters. The molecule has 110 valence electrons. The molecule has 0 saturated heterocycles. The summed E-state index contributed by atoms with van der Waals surface area (Å²) in [6.07, 6.45) is 0.565. The van der Waals surface area contributed by atoms with E-state index in [9.17, 15) is 9.59 Å². The minimum absolute atomic E-state index is 0.133. The maximum Gasteiger partial charge on any atom is 0.350 e. The molecule has 21 heavy (non-hydrogen) atoms. The highest BCUT2D eigenvalue weighted by atomic mass is 35.5. The number of halogens is 1. The molecule has 0 aromatic carbocycles. The molecule has 0 saturated carbocycles. The Bertz CT molecular complexity index is 689. The average Bonchev–Trinajstić information content (AvgIpc) is 2.79. The van der Waals surface area contributed by atoms with E-state index < -0.39 is 5.97 Å². The number of hydrogen-bond donors (Lipinski definition) is 1. The summed E-state index contributed by atoms with van der Waals surface area (Å²) >= 11 is 6.90. The summed E-state index contributed by atoms with van der Waals surface area (Å²) in [6, 6.07) is 1.34. The molecule has 2 aromatic rings. The fourth-order valence-corrected chi connectivity index (χ4v) is 2.53. The van der Waals surface area contributed by atoms with Gasteiger partial charge in [-0.1, -0.05) is 22.9 Å². The molecule has 0 unspecified atom stereocenters. The largest absolute Gasteiger partial charge is 0.462 e. The van der Waals surface area contributed by atoms with Gasteiger partial charge >= 0.3 is 5.97 Å². The maximum absolute atomic E-state index is 11.7. The third kappa shape index (κ3) is 3.73. The third-order valence-corrected chi connectivity index (χ3v) is 3.56. The molecule has 0 fully saturated rings. The second kappa shape index (κ2) is 6.59. The number of aldehydes is 1. The Morgan fingerprint density at radius 2 is 2.24 bits per heavy atom. The van der Waals surface area contributed by atoms with Crippen LogP contribution in [-0.4, -0.2) is 33.8 Å². The Hall–Kier alpha value is -2.06. The van der Waals surface area contributed by atoms with Crippen molar-refractivity contribution in [2.45, 2.75) is 13.8 Å². The van der Waals surface area contributed by atoms with Gasteiger partial charge in [-0.25, -0.2) is 19.7 Å². The number of aromatic nitrogens is 3. The van der Waals surface area contributed by atoms with Crippen LogP contribution in [0.3, 0.4) is 0 Å². The number of anilines is 2. The van der Waals surface area contributed by atoms with Crippen molar-refractivity contribution in [2.75, 3.05) is 11.9 Å². The topological polar surface area (TPSA) is 94.1 Å². The molecule has 0 spiro atoms. The van der Waals surface area contributed by atoms with Gasteiger partial charge in [0, 0.05) is 6.07 Å². The summed E-state index contributed by atoms with van der Waals surface area (Å²) in [5.74, 6) is -0.296. The molecule has 2 aromatic heterocycles. The molecule has 0 radical (unpaired) electrons. The number of hydrogen-bond acceptors (Lipinski definition) is 8. The summed E-state index contributed by atoms with van der Waals surface area (Å²) in [4.78, 5) is 34.9. The van der Waals surface area contributed by atoms with Crippen molar-refractivity contribution in [3.05, 3.63) is 27.5 Å².